The minimum absolute atomic E-state index is 0.223. The van der Waals surface area contributed by atoms with Crippen LogP contribution in [0.4, 0.5) is 0 Å². The van der Waals surface area contributed by atoms with Crippen molar-refractivity contribution < 1.29 is 5.11 Å². The van der Waals surface area contributed by atoms with E-state index in [1.165, 1.54) is 0 Å². The Morgan fingerprint density at radius 3 is 2.56 bits per heavy atom. The van der Waals surface area contributed by atoms with E-state index in [0.717, 1.165) is 0 Å². The molecule has 0 radical (unpaired) electrons. The lowest BCUT2D eigenvalue weighted by Crippen LogP contribution is -2.10. The van der Waals surface area contributed by atoms with Crippen molar-refractivity contribution in [1.29, 1.82) is 0 Å². The molecule has 50 valence electrons. The number of hydrogen-bond acceptors (Lipinski definition) is 1. The van der Waals surface area contributed by atoms with Gasteiger partial charge in [0, 0.05) is 6.42 Å². The van der Waals surface area contributed by atoms with Gasteiger partial charge in [0.1, 0.15) is 3.23 Å². The van der Waals surface area contributed by atoms with Gasteiger partial charge in [0.25, 0.3) is 0 Å². The van der Waals surface area contributed by atoms with Crippen LogP contribution in [0.3, 0.4) is 0 Å². The van der Waals surface area contributed by atoms with Gasteiger partial charge in [-0.15, -0.1) is 0 Å². The van der Waals surface area contributed by atoms with Crippen LogP contribution >= 0.6 is 31.9 Å². The second-order valence-corrected chi connectivity index (χ2v) is 5.85. The van der Waals surface area contributed by atoms with Crippen molar-refractivity contribution in [3.8, 4) is 0 Å². The second kappa shape index (κ2) is 2.46. The maximum atomic E-state index is 8.99. The average Bonchev–Trinajstić information content (AvgIpc) is 1.60. The molecule has 0 spiro atoms. The Balaban J connectivity index is 2.73. The van der Waals surface area contributed by atoms with Crippen molar-refractivity contribution in [1.82, 2.24) is 0 Å². The summed E-state index contributed by atoms with van der Waals surface area (Å²) in [6.45, 7) is 0. The Kier molecular flexibility index (Phi) is 2.01. The summed E-state index contributed by atoms with van der Waals surface area (Å²) in [5.41, 5.74) is 0. The molecular weight excluding hydrogens is 248 g/mol. The summed E-state index contributed by atoms with van der Waals surface area (Å²) < 4.78 is -0.223. The average molecular weight is 254 g/mol. The molecule has 1 nitrogen and oxygen atoms in total. The second-order valence-electron chi connectivity index (χ2n) is 1.95. The first-order chi connectivity index (χ1) is 4.10. The zero-order chi connectivity index (χ0) is 6.91. The Bertz CT molecular complexity index is 170. The van der Waals surface area contributed by atoms with Gasteiger partial charge in [-0.1, -0.05) is 44.0 Å². The van der Waals surface area contributed by atoms with Gasteiger partial charge in [0.15, 0.2) is 0 Å². The van der Waals surface area contributed by atoms with Crippen LogP contribution in [0.25, 0.3) is 0 Å². The summed E-state index contributed by atoms with van der Waals surface area (Å²) in [7, 11) is 0. The lowest BCUT2D eigenvalue weighted by molar-refractivity contribution is 0.387. The van der Waals surface area contributed by atoms with Crippen molar-refractivity contribution in [3.63, 3.8) is 0 Å². The Morgan fingerprint density at radius 2 is 2.22 bits per heavy atom. The minimum atomic E-state index is -0.223. The summed E-state index contributed by atoms with van der Waals surface area (Å²) in [6.07, 6.45) is 6.03. The molecule has 0 saturated heterocycles. The highest BCUT2D eigenvalue weighted by Gasteiger charge is 2.22. The molecule has 1 aliphatic rings. The molecule has 0 saturated carbocycles. The van der Waals surface area contributed by atoms with Gasteiger partial charge in [0.2, 0.25) is 0 Å². The molecule has 0 aromatic rings. The SMILES string of the molecule is OC1=CC=CC(Br)(Br)C1. The van der Waals surface area contributed by atoms with E-state index in [0.29, 0.717) is 12.2 Å². The van der Waals surface area contributed by atoms with Gasteiger partial charge >= 0.3 is 0 Å². The van der Waals surface area contributed by atoms with Crippen molar-refractivity contribution in [2.75, 3.05) is 0 Å². The van der Waals surface area contributed by atoms with Crippen LogP contribution in [0, 0.1) is 0 Å². The van der Waals surface area contributed by atoms with Gasteiger partial charge in [-0.3, -0.25) is 0 Å². The van der Waals surface area contributed by atoms with Crippen LogP contribution in [0.5, 0.6) is 0 Å². The van der Waals surface area contributed by atoms with Gasteiger partial charge in [0.05, 0.1) is 5.76 Å². The molecule has 1 N–H and O–H groups in total. The van der Waals surface area contributed by atoms with Crippen molar-refractivity contribution >= 4 is 31.9 Å². The van der Waals surface area contributed by atoms with Crippen molar-refractivity contribution in [3.05, 3.63) is 24.0 Å². The van der Waals surface area contributed by atoms with E-state index in [-0.39, 0.29) is 3.23 Å². The first kappa shape index (κ1) is 7.35. The first-order valence-electron chi connectivity index (χ1n) is 2.55. The van der Waals surface area contributed by atoms with Gasteiger partial charge in [-0.25, -0.2) is 0 Å². The maximum absolute atomic E-state index is 8.99. The van der Waals surface area contributed by atoms with Crippen LogP contribution in [-0.2, 0) is 0 Å². The number of aliphatic hydroxyl groups is 1. The maximum Gasteiger partial charge on any atom is 0.106 e. The molecule has 0 bridgehead atoms. The topological polar surface area (TPSA) is 20.2 Å². The fraction of sp³-hybridized carbons (Fsp3) is 0.333. The fourth-order valence-corrected chi connectivity index (χ4v) is 1.54. The summed E-state index contributed by atoms with van der Waals surface area (Å²) >= 11 is 6.72. The highest BCUT2D eigenvalue weighted by Crippen LogP contribution is 2.36. The molecule has 9 heavy (non-hydrogen) atoms. The lowest BCUT2D eigenvalue weighted by atomic mass is 10.2. The van der Waals surface area contributed by atoms with Gasteiger partial charge < -0.3 is 5.11 Å². The minimum Gasteiger partial charge on any atom is -0.512 e. The molecule has 0 atom stereocenters. The summed E-state index contributed by atoms with van der Waals surface area (Å²) in [4.78, 5) is 0. The number of halogens is 2. The van der Waals surface area contributed by atoms with E-state index >= 15 is 0 Å². The third-order valence-electron chi connectivity index (χ3n) is 1.05. The summed E-state index contributed by atoms with van der Waals surface area (Å²) in [5.74, 6) is 0.395. The Hall–Kier alpha value is 0.240. The van der Waals surface area contributed by atoms with E-state index < -0.39 is 0 Å². The predicted molar refractivity (Wildman–Crippen MR) is 45.1 cm³/mol. The molecule has 1 aliphatic carbocycles. The van der Waals surface area contributed by atoms with E-state index in [1.807, 2.05) is 12.2 Å². The Labute approximate surface area is 70.7 Å². The van der Waals surface area contributed by atoms with Crippen molar-refractivity contribution in [2.24, 2.45) is 0 Å². The van der Waals surface area contributed by atoms with Crippen LogP contribution in [0.15, 0.2) is 24.0 Å². The molecule has 0 fully saturated rings. The largest absolute Gasteiger partial charge is 0.512 e. The zero-order valence-electron chi connectivity index (χ0n) is 4.64. The van der Waals surface area contributed by atoms with E-state index in [9.17, 15) is 0 Å². The van der Waals surface area contributed by atoms with Crippen LogP contribution in [-0.4, -0.2) is 8.34 Å². The number of alkyl halides is 2. The first-order valence-corrected chi connectivity index (χ1v) is 4.14. The summed E-state index contributed by atoms with van der Waals surface area (Å²) in [5, 5.41) is 8.99. The third-order valence-corrected chi connectivity index (χ3v) is 2.13. The molecule has 1 rings (SSSR count). The molecule has 0 aromatic heterocycles. The highest BCUT2D eigenvalue weighted by atomic mass is 79.9. The van der Waals surface area contributed by atoms with Crippen LogP contribution < -0.4 is 0 Å². The molecule has 3 heteroatoms. The fourth-order valence-electron chi connectivity index (χ4n) is 0.659. The van der Waals surface area contributed by atoms with E-state index in [2.05, 4.69) is 31.9 Å². The van der Waals surface area contributed by atoms with Crippen LogP contribution in [0.2, 0.25) is 0 Å². The van der Waals surface area contributed by atoms with Gasteiger partial charge in [-0.05, 0) is 6.08 Å². The highest BCUT2D eigenvalue weighted by molar-refractivity contribution is 9.25. The number of rotatable bonds is 0. The van der Waals surface area contributed by atoms with E-state index in [1.54, 1.807) is 6.08 Å². The number of aliphatic hydroxyl groups excluding tert-OH is 1. The number of hydrogen-bond donors (Lipinski definition) is 1. The molecule has 0 aromatic carbocycles. The molecular formula is C6H6Br2O. The summed E-state index contributed by atoms with van der Waals surface area (Å²) in [6, 6.07) is 0. The zero-order valence-corrected chi connectivity index (χ0v) is 7.81. The number of allylic oxidation sites excluding steroid dienone is 4. The monoisotopic (exact) mass is 252 g/mol. The Morgan fingerprint density at radius 1 is 1.56 bits per heavy atom. The lowest BCUT2D eigenvalue weighted by Gasteiger charge is -2.17. The standard InChI is InChI=1S/C6H6Br2O/c7-6(8)3-1-2-5(9)4-6/h1-3,9H,4H2. The van der Waals surface area contributed by atoms with Gasteiger partial charge in [-0.2, -0.15) is 0 Å². The van der Waals surface area contributed by atoms with Crippen LogP contribution in [0.1, 0.15) is 6.42 Å². The normalized spacial score (nSPS) is 23.6. The smallest absolute Gasteiger partial charge is 0.106 e. The molecule has 0 heterocycles. The molecule has 0 unspecified atom stereocenters. The van der Waals surface area contributed by atoms with Crippen molar-refractivity contribution in [2.45, 2.75) is 9.65 Å². The van der Waals surface area contributed by atoms with E-state index in [4.69, 9.17) is 5.11 Å². The quantitative estimate of drug-likeness (QED) is 0.659. The third kappa shape index (κ3) is 2.14. The molecule has 0 aliphatic heterocycles. The molecule has 0 amide bonds. The predicted octanol–water partition coefficient (Wildman–Crippen LogP) is 2.87.